The Kier molecular flexibility index (Phi) is 7.41. The van der Waals surface area contributed by atoms with E-state index in [9.17, 15) is 9.59 Å². The van der Waals surface area contributed by atoms with E-state index in [0.29, 0.717) is 13.1 Å². The predicted molar refractivity (Wildman–Crippen MR) is 103 cm³/mol. The van der Waals surface area contributed by atoms with E-state index in [-0.39, 0.29) is 6.04 Å². The van der Waals surface area contributed by atoms with E-state index in [1.807, 2.05) is 14.1 Å². The predicted octanol–water partition coefficient (Wildman–Crippen LogP) is -2.54. The third-order valence-corrected chi connectivity index (χ3v) is 5.06. The average molecular weight is 364 g/mol. The third kappa shape index (κ3) is 5.44. The lowest BCUT2D eigenvalue weighted by atomic mass is 10.0. The summed E-state index contributed by atoms with van der Waals surface area (Å²) >= 11 is 0. The highest BCUT2D eigenvalue weighted by molar-refractivity contribution is 6.35. The number of hydrogen-bond acceptors (Lipinski definition) is 3. The van der Waals surface area contributed by atoms with Gasteiger partial charge >= 0.3 is 11.8 Å². The van der Waals surface area contributed by atoms with Crippen LogP contribution in [0.25, 0.3) is 0 Å². The van der Waals surface area contributed by atoms with Crippen LogP contribution < -0.4 is 25.3 Å². The van der Waals surface area contributed by atoms with Crippen molar-refractivity contribution in [3.8, 4) is 0 Å². The van der Waals surface area contributed by atoms with Crippen LogP contribution in [-0.4, -0.2) is 72.2 Å². The lowest BCUT2D eigenvalue weighted by Gasteiger charge is -2.33. The highest BCUT2D eigenvalue weighted by Crippen LogP contribution is 2.16. The fourth-order valence-corrected chi connectivity index (χ4v) is 3.36. The van der Waals surface area contributed by atoms with E-state index in [1.54, 1.807) is 11.8 Å². The molecule has 1 aromatic rings. The maximum atomic E-state index is 12.0. The quantitative estimate of drug-likeness (QED) is 0.421. The Morgan fingerprint density at radius 1 is 1.04 bits per heavy atom. The van der Waals surface area contributed by atoms with Gasteiger partial charge in [-0.1, -0.05) is 12.1 Å². The molecule has 0 unspecified atom stereocenters. The number of piperazine rings is 1. The molecule has 2 amide bonds. The largest absolute Gasteiger partial charge is 0.378 e. The Balaban J connectivity index is 2.11. The van der Waals surface area contributed by atoms with Gasteiger partial charge in [-0.15, -0.1) is 0 Å². The van der Waals surface area contributed by atoms with Crippen LogP contribution in [0.1, 0.15) is 18.5 Å². The first kappa shape index (κ1) is 20.2. The summed E-state index contributed by atoms with van der Waals surface area (Å²) in [5.41, 5.74) is 2.35. The van der Waals surface area contributed by atoms with Crippen molar-refractivity contribution in [2.45, 2.75) is 13.0 Å². The number of carbonyl (C=O) groups is 2. The van der Waals surface area contributed by atoms with Gasteiger partial charge in [0.05, 0.1) is 13.6 Å². The molecule has 1 atom stereocenters. The molecule has 1 aromatic carbocycles. The number of quaternary nitrogens is 2. The number of anilines is 1. The van der Waals surface area contributed by atoms with Gasteiger partial charge in [0.1, 0.15) is 32.2 Å². The summed E-state index contributed by atoms with van der Waals surface area (Å²) in [5.74, 6) is -1.12. The molecule has 1 aliphatic heterocycles. The molecule has 0 bridgehead atoms. The van der Waals surface area contributed by atoms with E-state index in [2.05, 4.69) is 46.8 Å². The molecule has 26 heavy (non-hydrogen) atoms. The van der Waals surface area contributed by atoms with E-state index < -0.39 is 11.8 Å². The molecule has 7 nitrogen and oxygen atoms in total. The van der Waals surface area contributed by atoms with E-state index in [4.69, 9.17) is 0 Å². The van der Waals surface area contributed by atoms with Crippen LogP contribution in [0.5, 0.6) is 0 Å². The fourth-order valence-electron chi connectivity index (χ4n) is 3.36. The Morgan fingerprint density at radius 3 is 2.15 bits per heavy atom. The highest BCUT2D eigenvalue weighted by atomic mass is 16.2. The second-order valence-electron chi connectivity index (χ2n) is 7.22. The minimum Gasteiger partial charge on any atom is -0.378 e. The summed E-state index contributed by atoms with van der Waals surface area (Å²) in [6, 6.07) is 8.63. The second-order valence-corrected chi connectivity index (χ2v) is 7.22. The van der Waals surface area contributed by atoms with Crippen LogP contribution >= 0.6 is 0 Å². The number of rotatable bonds is 6. The lowest BCUT2D eigenvalue weighted by molar-refractivity contribution is -1.02. The summed E-state index contributed by atoms with van der Waals surface area (Å²) in [6.07, 6.45) is 0. The Bertz CT molecular complexity index is 594. The molecule has 0 aromatic heterocycles. The van der Waals surface area contributed by atoms with Crippen LogP contribution in [0.3, 0.4) is 0 Å². The van der Waals surface area contributed by atoms with Crippen LogP contribution in [0.4, 0.5) is 5.69 Å². The first-order valence-electron chi connectivity index (χ1n) is 9.41. The van der Waals surface area contributed by atoms with Crippen LogP contribution in [-0.2, 0) is 9.59 Å². The smallest absolute Gasteiger partial charge is 0.309 e. The number of benzene rings is 1. The zero-order valence-electron chi connectivity index (χ0n) is 16.4. The maximum absolute atomic E-state index is 12.0. The number of nitrogens with zero attached hydrogens (tertiary/aromatic N) is 1. The second kappa shape index (κ2) is 9.54. The number of nitrogens with one attached hydrogen (secondary N) is 4. The van der Waals surface area contributed by atoms with Crippen molar-refractivity contribution < 1.29 is 19.4 Å². The van der Waals surface area contributed by atoms with Gasteiger partial charge in [-0.2, -0.15) is 0 Å². The molecule has 1 saturated heterocycles. The highest BCUT2D eigenvalue weighted by Gasteiger charge is 2.30. The van der Waals surface area contributed by atoms with Crippen molar-refractivity contribution in [1.82, 2.24) is 10.6 Å². The first-order valence-corrected chi connectivity index (χ1v) is 9.41. The summed E-state index contributed by atoms with van der Waals surface area (Å²) in [6.45, 7) is 7.07. The van der Waals surface area contributed by atoms with E-state index in [1.165, 1.54) is 10.5 Å². The standard InChI is InChI=1S/C19H31N5O2/c1-5-20-18(25)19(26)21-14-17(24-12-10-23(4)11-13-24)15-6-8-16(9-7-15)22(2)3/h6-9,17H,5,10-14H2,1-4H3,(H,20,25)(H,21,26)/p+2/t17-/m1/s1. The maximum Gasteiger partial charge on any atom is 0.309 e. The van der Waals surface area contributed by atoms with Gasteiger partial charge in [0.2, 0.25) is 0 Å². The molecule has 1 fully saturated rings. The van der Waals surface area contributed by atoms with E-state index in [0.717, 1.165) is 31.9 Å². The molecule has 7 heteroatoms. The van der Waals surface area contributed by atoms with Gasteiger partial charge in [0.25, 0.3) is 0 Å². The van der Waals surface area contributed by atoms with Gasteiger partial charge < -0.3 is 25.3 Å². The molecule has 0 radical (unpaired) electrons. The molecule has 2 rings (SSSR count). The molecular formula is C19H33N5O2+2. The van der Waals surface area contributed by atoms with Crippen molar-refractivity contribution in [2.75, 3.05) is 65.3 Å². The summed E-state index contributed by atoms with van der Waals surface area (Å²) < 4.78 is 0. The van der Waals surface area contributed by atoms with Crippen molar-refractivity contribution in [2.24, 2.45) is 0 Å². The van der Waals surface area contributed by atoms with Crippen LogP contribution in [0.15, 0.2) is 24.3 Å². The van der Waals surface area contributed by atoms with Gasteiger partial charge in [0, 0.05) is 31.9 Å². The lowest BCUT2D eigenvalue weighted by Crippen LogP contribution is -3.27. The van der Waals surface area contributed by atoms with Crippen LogP contribution in [0, 0.1) is 0 Å². The van der Waals surface area contributed by atoms with Crippen LogP contribution in [0.2, 0.25) is 0 Å². The average Bonchev–Trinajstić information content (AvgIpc) is 2.63. The minimum atomic E-state index is -0.563. The van der Waals surface area contributed by atoms with Crippen molar-refractivity contribution in [1.29, 1.82) is 0 Å². The summed E-state index contributed by atoms with van der Waals surface area (Å²) in [5, 5.41) is 5.37. The summed E-state index contributed by atoms with van der Waals surface area (Å²) in [7, 11) is 6.26. The van der Waals surface area contributed by atoms with Gasteiger partial charge in [0.15, 0.2) is 0 Å². The van der Waals surface area contributed by atoms with E-state index >= 15 is 0 Å². The fraction of sp³-hybridized carbons (Fsp3) is 0.579. The van der Waals surface area contributed by atoms with Crippen molar-refractivity contribution in [3.63, 3.8) is 0 Å². The SMILES string of the molecule is CCNC(=O)C(=O)NC[C@H](c1ccc(N(C)C)cc1)[NH+]1CC[NH+](C)CC1. The molecule has 144 valence electrons. The molecule has 1 aliphatic rings. The molecule has 0 saturated carbocycles. The third-order valence-electron chi connectivity index (χ3n) is 5.06. The van der Waals surface area contributed by atoms with Gasteiger partial charge in [-0.25, -0.2) is 0 Å². The Labute approximate surface area is 156 Å². The first-order chi connectivity index (χ1) is 12.4. The Hall–Kier alpha value is -2.12. The van der Waals surface area contributed by atoms with Gasteiger partial charge in [-0.05, 0) is 19.1 Å². The normalized spacial score (nSPS) is 20.9. The van der Waals surface area contributed by atoms with Crippen molar-refractivity contribution in [3.05, 3.63) is 29.8 Å². The zero-order chi connectivity index (χ0) is 19.1. The molecule has 1 heterocycles. The Morgan fingerprint density at radius 2 is 1.62 bits per heavy atom. The van der Waals surface area contributed by atoms with Crippen molar-refractivity contribution >= 4 is 17.5 Å². The number of hydrogen-bond donors (Lipinski definition) is 4. The molecular weight excluding hydrogens is 330 g/mol. The number of carbonyl (C=O) groups excluding carboxylic acids is 2. The molecule has 4 N–H and O–H groups in total. The molecule has 0 aliphatic carbocycles. The number of amides is 2. The summed E-state index contributed by atoms with van der Waals surface area (Å²) in [4.78, 5) is 28.8. The number of likely N-dealkylation sites (N-methyl/N-ethyl adjacent to an activating group) is 2. The topological polar surface area (TPSA) is 70.3 Å². The molecule has 0 spiro atoms. The monoisotopic (exact) mass is 363 g/mol. The zero-order valence-corrected chi connectivity index (χ0v) is 16.4. The van der Waals surface area contributed by atoms with Gasteiger partial charge in [-0.3, -0.25) is 9.59 Å². The minimum absolute atomic E-state index is 0.151.